The summed E-state index contributed by atoms with van der Waals surface area (Å²) in [6.45, 7) is 4.84. The van der Waals surface area contributed by atoms with E-state index in [0.717, 1.165) is 34.4 Å². The second-order valence-corrected chi connectivity index (χ2v) is 10.8. The molecule has 0 saturated heterocycles. The molecule has 2 heterocycles. The Hall–Kier alpha value is -2.69. The third-order valence-electron chi connectivity index (χ3n) is 5.37. The highest BCUT2D eigenvalue weighted by Crippen LogP contribution is 2.28. The molecule has 0 atom stereocenters. The van der Waals surface area contributed by atoms with Crippen molar-refractivity contribution in [2.45, 2.75) is 36.2 Å². The molecule has 8 nitrogen and oxygen atoms in total. The molecule has 0 aliphatic carbocycles. The standard InChI is InChI=1S/C22H26N6O2S2/c1-6-28-19-12-11-17(32(29,30)26(3)4)13-18(19)23-20(28)14-31-22-25-24-21(27(22)5)16-9-7-15(2)8-10-16/h7-13H,6,14H2,1-5H3. The van der Waals surface area contributed by atoms with Gasteiger partial charge < -0.3 is 9.13 Å². The van der Waals surface area contributed by atoms with Crippen molar-refractivity contribution >= 4 is 32.8 Å². The van der Waals surface area contributed by atoms with Gasteiger partial charge in [-0.1, -0.05) is 41.6 Å². The van der Waals surface area contributed by atoms with Gasteiger partial charge in [-0.25, -0.2) is 17.7 Å². The van der Waals surface area contributed by atoms with Crippen LogP contribution in [-0.2, 0) is 29.4 Å². The average molecular weight is 471 g/mol. The SMILES string of the molecule is CCn1c(CSc2nnc(-c3ccc(C)cc3)n2C)nc2cc(S(=O)(=O)N(C)C)ccc21. The molecule has 0 bridgehead atoms. The van der Waals surface area contributed by atoms with Gasteiger partial charge in [0.2, 0.25) is 10.0 Å². The molecule has 0 aliphatic heterocycles. The number of thioether (sulfide) groups is 1. The molecule has 0 unspecified atom stereocenters. The maximum Gasteiger partial charge on any atom is 0.242 e. The van der Waals surface area contributed by atoms with Crippen LogP contribution in [0.15, 0.2) is 52.5 Å². The molecule has 4 rings (SSSR count). The lowest BCUT2D eigenvalue weighted by molar-refractivity contribution is 0.521. The van der Waals surface area contributed by atoms with Crippen molar-refractivity contribution in [2.75, 3.05) is 14.1 Å². The zero-order valence-electron chi connectivity index (χ0n) is 18.8. The van der Waals surface area contributed by atoms with Crippen LogP contribution < -0.4 is 0 Å². The summed E-state index contributed by atoms with van der Waals surface area (Å²) in [5.74, 6) is 2.28. The minimum absolute atomic E-state index is 0.242. The topological polar surface area (TPSA) is 85.9 Å². The molecule has 0 N–H and O–H groups in total. The summed E-state index contributed by atoms with van der Waals surface area (Å²) in [6, 6.07) is 13.3. The Morgan fingerprint density at radius 2 is 1.78 bits per heavy atom. The third kappa shape index (κ3) is 4.05. The summed E-state index contributed by atoms with van der Waals surface area (Å²) in [5, 5.41) is 9.52. The van der Waals surface area contributed by atoms with Crippen LogP contribution >= 0.6 is 11.8 Å². The lowest BCUT2D eigenvalue weighted by Crippen LogP contribution is -2.22. The van der Waals surface area contributed by atoms with Crippen LogP contribution in [0.1, 0.15) is 18.3 Å². The van der Waals surface area contributed by atoms with E-state index in [1.54, 1.807) is 23.9 Å². The molecule has 0 saturated carbocycles. The predicted molar refractivity (Wildman–Crippen MR) is 127 cm³/mol. The highest BCUT2D eigenvalue weighted by atomic mass is 32.2. The predicted octanol–water partition coefficient (Wildman–Crippen LogP) is 3.70. The van der Waals surface area contributed by atoms with Gasteiger partial charge in [0.15, 0.2) is 11.0 Å². The Kier molecular flexibility index (Phi) is 6.11. The first kappa shape index (κ1) is 22.5. The molecule has 0 fully saturated rings. The molecule has 2 aromatic heterocycles. The fourth-order valence-electron chi connectivity index (χ4n) is 3.52. The van der Waals surface area contributed by atoms with Gasteiger partial charge in [-0.15, -0.1) is 10.2 Å². The van der Waals surface area contributed by atoms with Crippen molar-refractivity contribution in [1.82, 2.24) is 28.6 Å². The van der Waals surface area contributed by atoms with Crippen molar-refractivity contribution in [3.05, 3.63) is 53.9 Å². The van der Waals surface area contributed by atoms with Crippen molar-refractivity contribution in [3.8, 4) is 11.4 Å². The number of sulfonamides is 1. The molecule has 32 heavy (non-hydrogen) atoms. The third-order valence-corrected chi connectivity index (χ3v) is 8.20. The molecule has 10 heteroatoms. The van der Waals surface area contributed by atoms with Gasteiger partial charge in [-0.05, 0) is 32.0 Å². The lowest BCUT2D eigenvalue weighted by atomic mass is 10.1. The quantitative estimate of drug-likeness (QED) is 0.383. The highest BCUT2D eigenvalue weighted by Gasteiger charge is 2.20. The largest absolute Gasteiger partial charge is 0.328 e. The number of fused-ring (bicyclic) bond motifs is 1. The summed E-state index contributed by atoms with van der Waals surface area (Å²) in [5.41, 5.74) is 3.81. The Bertz CT molecular complexity index is 1370. The molecule has 168 valence electrons. The van der Waals surface area contributed by atoms with Gasteiger partial charge in [0.1, 0.15) is 5.82 Å². The van der Waals surface area contributed by atoms with Gasteiger partial charge in [-0.2, -0.15) is 0 Å². The fourth-order valence-corrected chi connectivity index (χ4v) is 5.30. The minimum atomic E-state index is -3.51. The Balaban J connectivity index is 1.61. The zero-order valence-corrected chi connectivity index (χ0v) is 20.4. The highest BCUT2D eigenvalue weighted by molar-refractivity contribution is 7.98. The lowest BCUT2D eigenvalue weighted by Gasteiger charge is -2.11. The summed E-state index contributed by atoms with van der Waals surface area (Å²) >= 11 is 1.56. The number of hydrogen-bond donors (Lipinski definition) is 0. The number of nitrogens with zero attached hydrogens (tertiary/aromatic N) is 6. The van der Waals surface area contributed by atoms with Crippen LogP contribution in [0.2, 0.25) is 0 Å². The molecule has 0 amide bonds. The van der Waals surface area contributed by atoms with E-state index in [-0.39, 0.29) is 4.90 Å². The number of hydrogen-bond acceptors (Lipinski definition) is 6. The van der Waals surface area contributed by atoms with Crippen molar-refractivity contribution in [3.63, 3.8) is 0 Å². The zero-order chi connectivity index (χ0) is 23.0. The van der Waals surface area contributed by atoms with E-state index in [1.807, 2.05) is 29.8 Å². The minimum Gasteiger partial charge on any atom is -0.328 e. The average Bonchev–Trinajstić information content (AvgIpc) is 3.31. The van der Waals surface area contributed by atoms with E-state index in [4.69, 9.17) is 4.98 Å². The van der Waals surface area contributed by atoms with Gasteiger partial charge in [0.25, 0.3) is 0 Å². The van der Waals surface area contributed by atoms with Crippen LogP contribution in [0, 0.1) is 6.92 Å². The maximum absolute atomic E-state index is 12.5. The van der Waals surface area contributed by atoms with Crippen LogP contribution in [0.5, 0.6) is 0 Å². The number of aromatic nitrogens is 5. The van der Waals surface area contributed by atoms with E-state index < -0.39 is 10.0 Å². The van der Waals surface area contributed by atoms with E-state index >= 15 is 0 Å². The molecule has 0 spiro atoms. The second-order valence-electron chi connectivity index (χ2n) is 7.73. The summed E-state index contributed by atoms with van der Waals surface area (Å²) in [6.07, 6.45) is 0. The van der Waals surface area contributed by atoms with Crippen LogP contribution in [0.4, 0.5) is 0 Å². The van der Waals surface area contributed by atoms with Gasteiger partial charge in [0.05, 0.1) is 21.7 Å². The maximum atomic E-state index is 12.5. The first-order valence-electron chi connectivity index (χ1n) is 10.2. The Morgan fingerprint density at radius 1 is 1.06 bits per heavy atom. The van der Waals surface area contributed by atoms with Gasteiger partial charge in [-0.3, -0.25) is 0 Å². The monoisotopic (exact) mass is 470 g/mol. The molecule has 4 aromatic rings. The van der Waals surface area contributed by atoms with E-state index in [0.29, 0.717) is 11.3 Å². The summed E-state index contributed by atoms with van der Waals surface area (Å²) in [7, 11) is 1.50. The fraction of sp³-hybridized carbons (Fsp3) is 0.318. The first-order chi connectivity index (χ1) is 15.2. The number of rotatable bonds is 7. The van der Waals surface area contributed by atoms with E-state index in [1.165, 1.54) is 24.0 Å². The first-order valence-corrected chi connectivity index (χ1v) is 12.7. The van der Waals surface area contributed by atoms with Crippen LogP contribution in [-0.4, -0.2) is 51.1 Å². The molecule has 2 aromatic carbocycles. The smallest absolute Gasteiger partial charge is 0.242 e. The summed E-state index contributed by atoms with van der Waals surface area (Å²) in [4.78, 5) is 4.98. The molecular weight excluding hydrogens is 444 g/mol. The summed E-state index contributed by atoms with van der Waals surface area (Å²) < 4.78 is 30.3. The van der Waals surface area contributed by atoms with Gasteiger partial charge >= 0.3 is 0 Å². The van der Waals surface area contributed by atoms with E-state index in [2.05, 4.69) is 40.7 Å². The van der Waals surface area contributed by atoms with Crippen LogP contribution in [0.3, 0.4) is 0 Å². The number of aryl methyl sites for hydroxylation is 2. The Morgan fingerprint density at radius 3 is 2.44 bits per heavy atom. The molecular formula is C22H26N6O2S2. The number of imidazole rings is 1. The number of benzene rings is 2. The van der Waals surface area contributed by atoms with E-state index in [9.17, 15) is 8.42 Å². The Labute approximate surface area is 192 Å². The normalized spacial score (nSPS) is 12.2. The van der Waals surface area contributed by atoms with Crippen LogP contribution in [0.25, 0.3) is 22.4 Å². The van der Waals surface area contributed by atoms with Gasteiger partial charge in [0, 0.05) is 33.3 Å². The molecule has 0 aliphatic rings. The van der Waals surface area contributed by atoms with Crippen molar-refractivity contribution in [1.29, 1.82) is 0 Å². The van der Waals surface area contributed by atoms with Crippen molar-refractivity contribution in [2.24, 2.45) is 7.05 Å². The second kappa shape index (κ2) is 8.68. The van der Waals surface area contributed by atoms with Crippen molar-refractivity contribution < 1.29 is 8.42 Å². The molecule has 0 radical (unpaired) electrons.